The maximum absolute atomic E-state index is 14.0. The zero-order valence-corrected chi connectivity index (χ0v) is 12.2. The maximum atomic E-state index is 14.0. The zero-order chi connectivity index (χ0) is 18.4. The number of fused-ring (bicyclic) bond motifs is 1. The van der Waals surface area contributed by atoms with Crippen molar-refractivity contribution in [3.05, 3.63) is 65.2 Å². The van der Waals surface area contributed by atoms with Crippen LogP contribution in [0.25, 0.3) is 22.2 Å². The van der Waals surface area contributed by atoms with Crippen LogP contribution < -0.4 is 0 Å². The lowest BCUT2D eigenvalue weighted by Crippen LogP contribution is -2.04. The van der Waals surface area contributed by atoms with Gasteiger partial charge in [0.05, 0.1) is 16.8 Å². The second kappa shape index (κ2) is 5.80. The molecule has 8 heteroatoms. The number of carboxylic acids is 1. The highest BCUT2D eigenvalue weighted by Gasteiger charge is 2.30. The predicted molar refractivity (Wildman–Crippen MR) is 79.1 cm³/mol. The molecule has 0 saturated heterocycles. The first kappa shape index (κ1) is 16.8. The molecule has 0 radical (unpaired) electrons. The number of nitrogens with zero attached hydrogens (tertiary/aromatic N) is 1. The highest BCUT2D eigenvalue weighted by atomic mass is 19.4. The molecule has 0 aliphatic rings. The van der Waals surface area contributed by atoms with Crippen LogP contribution in [-0.2, 0) is 6.18 Å². The molecular weight excluding hydrogens is 345 g/mol. The molecule has 25 heavy (non-hydrogen) atoms. The summed E-state index contributed by atoms with van der Waals surface area (Å²) in [6, 6.07) is 6.27. The maximum Gasteiger partial charge on any atom is 0.416 e. The lowest BCUT2D eigenvalue weighted by molar-refractivity contribution is -0.137. The van der Waals surface area contributed by atoms with E-state index in [0.29, 0.717) is 6.07 Å². The molecule has 0 aliphatic carbocycles. The molecule has 1 aromatic heterocycles. The molecule has 128 valence electrons. The fourth-order valence-electron chi connectivity index (χ4n) is 2.41. The third kappa shape index (κ3) is 3.15. The summed E-state index contributed by atoms with van der Waals surface area (Å²) in [6.45, 7) is 0. The van der Waals surface area contributed by atoms with Crippen molar-refractivity contribution in [1.29, 1.82) is 0 Å². The average Bonchev–Trinajstić information content (AvgIpc) is 2.53. The van der Waals surface area contributed by atoms with Crippen LogP contribution in [0.5, 0.6) is 0 Å². The van der Waals surface area contributed by atoms with Crippen LogP contribution >= 0.6 is 0 Å². The van der Waals surface area contributed by atoms with Gasteiger partial charge in [-0.15, -0.1) is 0 Å². The summed E-state index contributed by atoms with van der Waals surface area (Å²) in [4.78, 5) is 15.3. The molecular formula is C17H8F5NO2. The molecule has 0 amide bonds. The van der Waals surface area contributed by atoms with Crippen LogP contribution in [0.2, 0.25) is 0 Å². The summed E-state index contributed by atoms with van der Waals surface area (Å²) in [5, 5.41) is 9.03. The number of halogens is 5. The van der Waals surface area contributed by atoms with Gasteiger partial charge in [0.25, 0.3) is 0 Å². The number of rotatable bonds is 2. The van der Waals surface area contributed by atoms with Gasteiger partial charge in [0.2, 0.25) is 0 Å². The van der Waals surface area contributed by atoms with Gasteiger partial charge in [-0.25, -0.2) is 18.6 Å². The Bertz CT molecular complexity index is 981. The van der Waals surface area contributed by atoms with Crippen molar-refractivity contribution in [3.8, 4) is 11.3 Å². The molecule has 0 aliphatic heterocycles. The van der Waals surface area contributed by atoms with Gasteiger partial charge < -0.3 is 5.11 Å². The van der Waals surface area contributed by atoms with E-state index in [1.165, 1.54) is 0 Å². The molecule has 3 nitrogen and oxygen atoms in total. The van der Waals surface area contributed by atoms with Gasteiger partial charge in [0.15, 0.2) is 5.82 Å². The normalized spacial score (nSPS) is 11.7. The van der Waals surface area contributed by atoms with E-state index in [0.717, 1.165) is 36.4 Å². The summed E-state index contributed by atoms with van der Waals surface area (Å²) >= 11 is 0. The highest BCUT2D eigenvalue weighted by Crippen LogP contribution is 2.32. The van der Waals surface area contributed by atoms with E-state index in [4.69, 9.17) is 0 Å². The third-order valence-electron chi connectivity index (χ3n) is 3.57. The number of hydrogen-bond donors (Lipinski definition) is 1. The van der Waals surface area contributed by atoms with Gasteiger partial charge in [-0.1, -0.05) is 12.1 Å². The van der Waals surface area contributed by atoms with Crippen molar-refractivity contribution >= 4 is 16.9 Å². The monoisotopic (exact) mass is 353 g/mol. The van der Waals surface area contributed by atoms with Crippen molar-refractivity contribution in [1.82, 2.24) is 4.98 Å². The van der Waals surface area contributed by atoms with Crippen LogP contribution in [0, 0.1) is 11.6 Å². The standard InChI is InChI=1S/C17H8F5NO2/c18-10-5-11-12(16(24)25)7-14(23-15(11)13(19)6-10)8-1-3-9(4-2-8)17(20,21)22/h1-7H,(H,24,25). The summed E-state index contributed by atoms with van der Waals surface area (Å²) in [5.74, 6) is -3.46. The van der Waals surface area contributed by atoms with Gasteiger partial charge in [0, 0.05) is 17.0 Å². The zero-order valence-electron chi connectivity index (χ0n) is 12.2. The summed E-state index contributed by atoms with van der Waals surface area (Å²) < 4.78 is 65.2. The molecule has 0 unspecified atom stereocenters. The van der Waals surface area contributed by atoms with Crippen LogP contribution in [0.4, 0.5) is 22.0 Å². The Balaban J connectivity index is 2.22. The number of benzene rings is 2. The molecule has 0 atom stereocenters. The van der Waals surface area contributed by atoms with E-state index < -0.39 is 34.9 Å². The van der Waals surface area contributed by atoms with Crippen molar-refractivity contribution < 1.29 is 31.9 Å². The smallest absolute Gasteiger partial charge is 0.416 e. The minimum atomic E-state index is -4.52. The third-order valence-corrected chi connectivity index (χ3v) is 3.57. The SMILES string of the molecule is O=C(O)c1cc(-c2ccc(C(F)(F)F)cc2)nc2c(F)cc(F)cc12. The summed E-state index contributed by atoms with van der Waals surface area (Å²) in [5.41, 5.74) is -1.54. The molecule has 3 rings (SSSR count). The first-order chi connectivity index (χ1) is 11.7. The molecule has 3 aromatic rings. The van der Waals surface area contributed by atoms with E-state index in [9.17, 15) is 31.9 Å². The van der Waals surface area contributed by atoms with Gasteiger partial charge >= 0.3 is 12.1 Å². The van der Waals surface area contributed by atoms with Crippen LogP contribution in [0.1, 0.15) is 15.9 Å². The Morgan fingerprint density at radius 2 is 1.64 bits per heavy atom. The minimum Gasteiger partial charge on any atom is -0.478 e. The van der Waals surface area contributed by atoms with Gasteiger partial charge in [-0.05, 0) is 24.3 Å². The number of aromatic carboxylic acids is 1. The quantitative estimate of drug-likeness (QED) is 0.667. The van der Waals surface area contributed by atoms with Crippen LogP contribution in [0.15, 0.2) is 42.5 Å². The van der Waals surface area contributed by atoms with Crippen LogP contribution in [-0.4, -0.2) is 16.1 Å². The Hall–Kier alpha value is -3.03. The van der Waals surface area contributed by atoms with Crippen molar-refractivity contribution in [2.75, 3.05) is 0 Å². The lowest BCUT2D eigenvalue weighted by atomic mass is 10.0. The lowest BCUT2D eigenvalue weighted by Gasteiger charge is -2.10. The number of aromatic nitrogens is 1. The van der Waals surface area contributed by atoms with Crippen LogP contribution in [0.3, 0.4) is 0 Å². The molecule has 0 fully saturated rings. The number of carboxylic acid groups (broad SMARTS) is 1. The second-order valence-corrected chi connectivity index (χ2v) is 5.22. The second-order valence-electron chi connectivity index (χ2n) is 5.22. The fraction of sp³-hybridized carbons (Fsp3) is 0.0588. The largest absolute Gasteiger partial charge is 0.478 e. The Kier molecular flexibility index (Phi) is 3.90. The predicted octanol–water partition coefficient (Wildman–Crippen LogP) is 4.90. The summed E-state index contributed by atoms with van der Waals surface area (Å²) in [6.07, 6.45) is -4.52. The van der Waals surface area contributed by atoms with Crippen molar-refractivity contribution in [2.45, 2.75) is 6.18 Å². The van der Waals surface area contributed by atoms with E-state index in [2.05, 4.69) is 4.98 Å². The van der Waals surface area contributed by atoms with E-state index in [-0.39, 0.29) is 22.2 Å². The summed E-state index contributed by atoms with van der Waals surface area (Å²) in [7, 11) is 0. The first-order valence-electron chi connectivity index (χ1n) is 6.87. The Labute approximate surface area is 137 Å². The van der Waals surface area contributed by atoms with Crippen molar-refractivity contribution in [2.24, 2.45) is 0 Å². The van der Waals surface area contributed by atoms with Crippen molar-refractivity contribution in [3.63, 3.8) is 0 Å². The highest BCUT2D eigenvalue weighted by molar-refractivity contribution is 6.03. The number of pyridine rings is 1. The number of alkyl halides is 3. The molecule has 0 spiro atoms. The number of hydrogen-bond acceptors (Lipinski definition) is 2. The number of carbonyl (C=O) groups is 1. The van der Waals surface area contributed by atoms with Gasteiger partial charge in [-0.2, -0.15) is 13.2 Å². The van der Waals surface area contributed by atoms with E-state index in [1.807, 2.05) is 0 Å². The molecule has 0 bridgehead atoms. The Morgan fingerprint density at radius 3 is 2.20 bits per heavy atom. The van der Waals surface area contributed by atoms with E-state index >= 15 is 0 Å². The topological polar surface area (TPSA) is 50.2 Å². The average molecular weight is 353 g/mol. The fourth-order valence-corrected chi connectivity index (χ4v) is 2.41. The van der Waals surface area contributed by atoms with Gasteiger partial charge in [-0.3, -0.25) is 0 Å². The Morgan fingerprint density at radius 1 is 1.00 bits per heavy atom. The first-order valence-corrected chi connectivity index (χ1v) is 6.87. The molecule has 0 saturated carbocycles. The van der Waals surface area contributed by atoms with E-state index in [1.54, 1.807) is 0 Å². The molecule has 1 heterocycles. The van der Waals surface area contributed by atoms with Gasteiger partial charge in [0.1, 0.15) is 11.3 Å². The molecule has 2 aromatic carbocycles. The molecule has 1 N–H and O–H groups in total. The minimum absolute atomic E-state index is 0.0378.